The first-order valence-corrected chi connectivity index (χ1v) is 5.79. The fraction of sp³-hybridized carbons (Fsp3) is 0.385. The first-order chi connectivity index (χ1) is 8.22. The zero-order chi connectivity index (χ0) is 12.3. The number of hydrogen-bond donors (Lipinski definition) is 1. The summed E-state index contributed by atoms with van der Waals surface area (Å²) in [4.78, 5) is 23.3. The number of para-hydroxylation sites is 1. The van der Waals surface area contributed by atoms with Crippen LogP contribution in [0, 0.1) is 5.92 Å². The molecule has 1 aliphatic rings. The average Bonchev–Trinajstić information content (AvgIpc) is 3.13. The first-order valence-electron chi connectivity index (χ1n) is 5.79. The molecule has 17 heavy (non-hydrogen) atoms. The Kier molecular flexibility index (Phi) is 3.42. The Morgan fingerprint density at radius 2 is 2.06 bits per heavy atom. The number of rotatable bonds is 4. The fourth-order valence-electron chi connectivity index (χ4n) is 1.56. The lowest BCUT2D eigenvalue weighted by atomic mass is 10.1. The van der Waals surface area contributed by atoms with Crippen molar-refractivity contribution in [3.63, 3.8) is 0 Å². The smallest absolute Gasteiger partial charge is 0.340 e. The molecule has 0 spiro atoms. The van der Waals surface area contributed by atoms with Gasteiger partial charge in [0.25, 0.3) is 0 Å². The van der Waals surface area contributed by atoms with Crippen LogP contribution in [0.15, 0.2) is 24.3 Å². The Bertz CT molecular complexity index is 438. The van der Waals surface area contributed by atoms with Crippen LogP contribution in [0.1, 0.15) is 30.1 Å². The van der Waals surface area contributed by atoms with Crippen molar-refractivity contribution in [1.29, 1.82) is 0 Å². The van der Waals surface area contributed by atoms with Crippen LogP contribution < -0.4 is 5.32 Å². The van der Waals surface area contributed by atoms with Crippen LogP contribution in [-0.4, -0.2) is 18.5 Å². The second-order valence-corrected chi connectivity index (χ2v) is 4.03. The first kappa shape index (κ1) is 11.6. The Morgan fingerprint density at radius 3 is 2.71 bits per heavy atom. The lowest BCUT2D eigenvalue weighted by Crippen LogP contribution is -2.16. The van der Waals surface area contributed by atoms with Crippen molar-refractivity contribution >= 4 is 17.6 Å². The molecular weight excluding hydrogens is 218 g/mol. The van der Waals surface area contributed by atoms with Gasteiger partial charge in [0.1, 0.15) is 0 Å². The van der Waals surface area contributed by atoms with Crippen LogP contribution in [0.5, 0.6) is 0 Å². The molecule has 1 saturated carbocycles. The third kappa shape index (κ3) is 2.84. The van der Waals surface area contributed by atoms with Gasteiger partial charge >= 0.3 is 5.97 Å². The van der Waals surface area contributed by atoms with Crippen LogP contribution >= 0.6 is 0 Å². The molecule has 1 N–H and O–H groups in total. The summed E-state index contributed by atoms with van der Waals surface area (Å²) >= 11 is 0. The number of benzene rings is 1. The zero-order valence-electron chi connectivity index (χ0n) is 9.73. The van der Waals surface area contributed by atoms with Gasteiger partial charge in [0.05, 0.1) is 17.9 Å². The molecule has 1 aromatic carbocycles. The summed E-state index contributed by atoms with van der Waals surface area (Å²) in [6.45, 7) is 2.08. The molecule has 0 heterocycles. The van der Waals surface area contributed by atoms with Gasteiger partial charge in [-0.3, -0.25) is 4.79 Å². The second-order valence-electron chi connectivity index (χ2n) is 4.03. The molecule has 0 bridgehead atoms. The molecule has 1 aromatic rings. The highest BCUT2D eigenvalue weighted by Gasteiger charge is 2.30. The van der Waals surface area contributed by atoms with E-state index in [0.717, 1.165) is 12.8 Å². The molecule has 0 radical (unpaired) electrons. The number of hydrogen-bond acceptors (Lipinski definition) is 3. The van der Waals surface area contributed by atoms with Gasteiger partial charge in [-0.05, 0) is 31.9 Å². The summed E-state index contributed by atoms with van der Waals surface area (Å²) in [5.41, 5.74) is 0.936. The topological polar surface area (TPSA) is 55.4 Å². The maximum Gasteiger partial charge on any atom is 0.340 e. The van der Waals surface area contributed by atoms with E-state index in [1.54, 1.807) is 31.2 Å². The van der Waals surface area contributed by atoms with Crippen LogP contribution in [0.2, 0.25) is 0 Å². The molecule has 2 rings (SSSR count). The quantitative estimate of drug-likeness (QED) is 0.811. The predicted molar refractivity (Wildman–Crippen MR) is 63.8 cm³/mol. The van der Waals surface area contributed by atoms with Gasteiger partial charge in [-0.15, -0.1) is 0 Å². The third-order valence-electron chi connectivity index (χ3n) is 2.63. The minimum atomic E-state index is -0.404. The molecule has 0 unspecified atom stereocenters. The molecular formula is C13H15NO3. The summed E-state index contributed by atoms with van der Waals surface area (Å²) in [5, 5.41) is 2.77. The van der Waals surface area contributed by atoms with Crippen molar-refractivity contribution in [2.75, 3.05) is 11.9 Å². The van der Waals surface area contributed by atoms with Crippen LogP contribution in [0.25, 0.3) is 0 Å². The van der Waals surface area contributed by atoms with E-state index in [-0.39, 0.29) is 11.8 Å². The van der Waals surface area contributed by atoms with Crippen molar-refractivity contribution in [2.24, 2.45) is 5.92 Å². The summed E-state index contributed by atoms with van der Waals surface area (Å²) in [7, 11) is 0. The third-order valence-corrected chi connectivity index (χ3v) is 2.63. The van der Waals surface area contributed by atoms with E-state index in [2.05, 4.69) is 5.32 Å². The zero-order valence-corrected chi connectivity index (χ0v) is 9.73. The monoisotopic (exact) mass is 233 g/mol. The van der Waals surface area contributed by atoms with E-state index in [1.165, 1.54) is 0 Å². The molecule has 1 aliphatic carbocycles. The molecule has 0 saturated heterocycles. The Labute approximate surface area is 100.0 Å². The van der Waals surface area contributed by atoms with E-state index >= 15 is 0 Å². The number of nitrogens with one attached hydrogen (secondary N) is 1. The van der Waals surface area contributed by atoms with Gasteiger partial charge in [0.2, 0.25) is 5.91 Å². The Hall–Kier alpha value is -1.84. The van der Waals surface area contributed by atoms with E-state index in [4.69, 9.17) is 4.74 Å². The number of carbonyl (C=O) groups excluding carboxylic acids is 2. The van der Waals surface area contributed by atoms with Crippen LogP contribution in [0.4, 0.5) is 5.69 Å². The van der Waals surface area contributed by atoms with E-state index in [0.29, 0.717) is 17.9 Å². The largest absolute Gasteiger partial charge is 0.462 e. The molecule has 4 heteroatoms. The molecule has 0 aromatic heterocycles. The molecule has 1 fully saturated rings. The number of ether oxygens (including phenoxy) is 1. The summed E-state index contributed by atoms with van der Waals surface area (Å²) in [6.07, 6.45) is 1.88. The van der Waals surface area contributed by atoms with Crippen molar-refractivity contribution in [3.05, 3.63) is 29.8 Å². The molecule has 90 valence electrons. The van der Waals surface area contributed by atoms with Gasteiger partial charge in [0, 0.05) is 5.92 Å². The maximum atomic E-state index is 11.7. The van der Waals surface area contributed by atoms with Gasteiger partial charge in [-0.2, -0.15) is 0 Å². The normalized spacial score (nSPS) is 14.2. The standard InChI is InChI=1S/C13H15NO3/c1-2-17-13(16)10-5-3-4-6-11(10)14-12(15)9-7-8-9/h3-6,9H,2,7-8H2,1H3,(H,14,15). The minimum Gasteiger partial charge on any atom is -0.462 e. The maximum absolute atomic E-state index is 11.7. The fourth-order valence-corrected chi connectivity index (χ4v) is 1.56. The SMILES string of the molecule is CCOC(=O)c1ccccc1NC(=O)C1CC1. The lowest BCUT2D eigenvalue weighted by Gasteiger charge is -2.09. The highest BCUT2D eigenvalue weighted by atomic mass is 16.5. The van der Waals surface area contributed by atoms with Crippen molar-refractivity contribution in [3.8, 4) is 0 Å². The Morgan fingerprint density at radius 1 is 1.35 bits per heavy atom. The van der Waals surface area contributed by atoms with Gasteiger partial charge in [-0.25, -0.2) is 4.79 Å². The molecule has 1 amide bonds. The van der Waals surface area contributed by atoms with Gasteiger partial charge < -0.3 is 10.1 Å². The highest BCUT2D eigenvalue weighted by Crippen LogP contribution is 2.30. The van der Waals surface area contributed by atoms with Crippen molar-refractivity contribution < 1.29 is 14.3 Å². The number of carbonyl (C=O) groups is 2. The summed E-state index contributed by atoms with van der Waals surface area (Å²) in [6, 6.07) is 6.90. The summed E-state index contributed by atoms with van der Waals surface area (Å²) in [5.74, 6) is -0.300. The van der Waals surface area contributed by atoms with Crippen molar-refractivity contribution in [1.82, 2.24) is 0 Å². The molecule has 0 atom stereocenters. The van der Waals surface area contributed by atoms with Crippen molar-refractivity contribution in [2.45, 2.75) is 19.8 Å². The average molecular weight is 233 g/mol. The van der Waals surface area contributed by atoms with Crippen LogP contribution in [-0.2, 0) is 9.53 Å². The van der Waals surface area contributed by atoms with Gasteiger partial charge in [0.15, 0.2) is 0 Å². The molecule has 0 aliphatic heterocycles. The molecule has 4 nitrogen and oxygen atoms in total. The summed E-state index contributed by atoms with van der Waals surface area (Å²) < 4.78 is 4.94. The highest BCUT2D eigenvalue weighted by molar-refractivity contribution is 6.02. The predicted octanol–water partition coefficient (Wildman–Crippen LogP) is 2.21. The lowest BCUT2D eigenvalue weighted by molar-refractivity contribution is -0.117. The minimum absolute atomic E-state index is 0.0123. The number of amides is 1. The van der Waals surface area contributed by atoms with E-state index in [1.807, 2.05) is 0 Å². The van der Waals surface area contributed by atoms with E-state index < -0.39 is 5.97 Å². The Balaban J connectivity index is 2.14. The van der Waals surface area contributed by atoms with Gasteiger partial charge in [-0.1, -0.05) is 12.1 Å². The second kappa shape index (κ2) is 4.99. The number of esters is 1. The van der Waals surface area contributed by atoms with Crippen LogP contribution in [0.3, 0.4) is 0 Å². The van der Waals surface area contributed by atoms with E-state index in [9.17, 15) is 9.59 Å². The number of anilines is 1.